The summed E-state index contributed by atoms with van der Waals surface area (Å²) in [6.07, 6.45) is 8.21. The van der Waals surface area contributed by atoms with E-state index in [1.54, 1.807) is 55.4 Å². The van der Waals surface area contributed by atoms with Crippen molar-refractivity contribution < 1.29 is 24.3 Å². The number of carbonyl (C=O) groups excluding carboxylic acids is 1. The fourth-order valence-corrected chi connectivity index (χ4v) is 4.67. The number of unbranched alkanes of at least 4 members (excludes halogenated alkanes) is 1. The van der Waals surface area contributed by atoms with Crippen LogP contribution >= 0.6 is 0 Å². The molecule has 14 heteroatoms. The van der Waals surface area contributed by atoms with E-state index in [-0.39, 0.29) is 5.46 Å². The predicted octanol–water partition coefficient (Wildman–Crippen LogP) is 2.09. The van der Waals surface area contributed by atoms with Gasteiger partial charge in [0.2, 0.25) is 12.4 Å². The number of aromatic nitrogens is 5. The van der Waals surface area contributed by atoms with Crippen molar-refractivity contribution in [3.8, 4) is 11.5 Å². The van der Waals surface area contributed by atoms with E-state index in [2.05, 4.69) is 32.6 Å². The van der Waals surface area contributed by atoms with Gasteiger partial charge in [-0.1, -0.05) is 19.8 Å². The number of ether oxygens (including phenoxy) is 2. The van der Waals surface area contributed by atoms with Gasteiger partial charge in [0.1, 0.15) is 17.0 Å². The smallest absolute Gasteiger partial charge is 0.490 e. The van der Waals surface area contributed by atoms with Crippen molar-refractivity contribution in [1.82, 2.24) is 24.7 Å². The molecule has 0 bridgehead atoms. The van der Waals surface area contributed by atoms with Crippen LogP contribution < -0.4 is 30.5 Å². The van der Waals surface area contributed by atoms with Crippen molar-refractivity contribution >= 4 is 47.5 Å². The molecule has 4 N–H and O–H groups in total. The highest BCUT2D eigenvalue weighted by atomic mass is 16.5. The van der Waals surface area contributed by atoms with E-state index in [0.717, 1.165) is 31.2 Å². The van der Waals surface area contributed by atoms with Crippen molar-refractivity contribution in [2.75, 3.05) is 36.3 Å². The van der Waals surface area contributed by atoms with E-state index in [1.165, 1.54) is 6.20 Å². The number of fused-ring (bicyclic) bond motifs is 1. The number of hydrogen-bond donors (Lipinski definition) is 4. The van der Waals surface area contributed by atoms with Crippen molar-refractivity contribution in [1.29, 1.82) is 0 Å². The third kappa shape index (κ3) is 7.25. The number of benzene rings is 1. The highest BCUT2D eigenvalue weighted by Crippen LogP contribution is 2.29. The van der Waals surface area contributed by atoms with Crippen molar-refractivity contribution in [2.45, 2.75) is 45.2 Å². The lowest BCUT2D eigenvalue weighted by Crippen LogP contribution is -2.46. The first-order valence-electron chi connectivity index (χ1n) is 13.7. The summed E-state index contributed by atoms with van der Waals surface area (Å²) in [6.45, 7) is 4.83. The van der Waals surface area contributed by atoms with E-state index in [9.17, 15) is 14.8 Å². The SMILES string of the molecule is CCCCC(C)(CN(C=O)c1cnn(C)c1)Nc1nc(NCc2ccc(OC)cc2OC)nc2cc(B(O)O)cnc12. The second kappa shape index (κ2) is 13.5. The minimum atomic E-state index is -1.70. The van der Waals surface area contributed by atoms with Crippen LogP contribution in [0.25, 0.3) is 11.0 Å². The predicted molar refractivity (Wildman–Crippen MR) is 162 cm³/mol. The van der Waals surface area contributed by atoms with Gasteiger partial charge in [-0.05, 0) is 31.5 Å². The Bertz CT molecular complexity index is 1520. The molecule has 0 saturated heterocycles. The molecule has 1 atom stereocenters. The Morgan fingerprint density at radius 3 is 2.62 bits per heavy atom. The Kier molecular flexibility index (Phi) is 9.81. The molecule has 42 heavy (non-hydrogen) atoms. The summed E-state index contributed by atoms with van der Waals surface area (Å²) in [4.78, 5) is 27.6. The molecule has 4 rings (SSSR count). The lowest BCUT2D eigenvalue weighted by atomic mass is 9.81. The Morgan fingerprint density at radius 2 is 1.98 bits per heavy atom. The summed E-state index contributed by atoms with van der Waals surface area (Å²) in [5.41, 5.74) is 2.00. The highest BCUT2D eigenvalue weighted by Gasteiger charge is 2.29. The highest BCUT2D eigenvalue weighted by molar-refractivity contribution is 6.58. The molecule has 222 valence electrons. The Balaban J connectivity index is 1.71. The topological polar surface area (TPSA) is 160 Å². The van der Waals surface area contributed by atoms with Crippen LogP contribution in [-0.4, -0.2) is 74.6 Å². The molecule has 0 saturated carbocycles. The molecule has 1 amide bonds. The molecule has 0 aliphatic rings. The molecule has 0 fully saturated rings. The Hall–Kier alpha value is -4.43. The van der Waals surface area contributed by atoms with Crippen LogP contribution in [0, 0.1) is 0 Å². The van der Waals surface area contributed by atoms with Crippen LogP contribution in [0.15, 0.2) is 42.9 Å². The first kappa shape index (κ1) is 30.5. The monoisotopic (exact) mass is 576 g/mol. The number of aryl methyl sites for hydroxylation is 1. The van der Waals surface area contributed by atoms with Gasteiger partial charge in [0, 0.05) is 49.6 Å². The normalized spacial score (nSPS) is 12.5. The van der Waals surface area contributed by atoms with Crippen LogP contribution in [-0.2, 0) is 18.4 Å². The van der Waals surface area contributed by atoms with Crippen molar-refractivity contribution in [2.24, 2.45) is 7.05 Å². The lowest BCUT2D eigenvalue weighted by Gasteiger charge is -2.35. The molecule has 4 aromatic rings. The number of pyridine rings is 1. The number of nitrogens with one attached hydrogen (secondary N) is 2. The van der Waals surface area contributed by atoms with E-state index in [0.29, 0.717) is 53.1 Å². The fourth-order valence-electron chi connectivity index (χ4n) is 4.67. The van der Waals surface area contributed by atoms with E-state index >= 15 is 0 Å². The molecule has 0 spiro atoms. The van der Waals surface area contributed by atoms with E-state index in [4.69, 9.17) is 14.5 Å². The number of hydrogen-bond acceptors (Lipinski definition) is 11. The van der Waals surface area contributed by atoms with Gasteiger partial charge < -0.3 is 35.1 Å². The molecular weight excluding hydrogens is 539 g/mol. The molecule has 0 aliphatic carbocycles. The molecular formula is C28H37BN8O5. The largest absolute Gasteiger partial charge is 0.497 e. The van der Waals surface area contributed by atoms with Crippen LogP contribution in [0.4, 0.5) is 17.5 Å². The molecule has 3 heterocycles. The first-order valence-corrected chi connectivity index (χ1v) is 13.7. The van der Waals surface area contributed by atoms with Gasteiger partial charge in [-0.3, -0.25) is 14.5 Å². The summed E-state index contributed by atoms with van der Waals surface area (Å²) in [5, 5.41) is 30.5. The first-order chi connectivity index (χ1) is 20.2. The molecule has 1 aromatic carbocycles. The zero-order valence-electron chi connectivity index (χ0n) is 24.5. The number of carbonyl (C=O) groups is 1. The van der Waals surface area contributed by atoms with E-state index < -0.39 is 12.7 Å². The summed E-state index contributed by atoms with van der Waals surface area (Å²) in [6, 6.07) is 7.09. The second-order valence-electron chi connectivity index (χ2n) is 10.3. The number of rotatable bonds is 15. The van der Waals surface area contributed by atoms with Gasteiger partial charge in [0.05, 0.1) is 37.2 Å². The van der Waals surface area contributed by atoms with Crippen molar-refractivity contribution in [3.05, 3.63) is 48.4 Å². The van der Waals surface area contributed by atoms with Crippen molar-refractivity contribution in [3.63, 3.8) is 0 Å². The van der Waals surface area contributed by atoms with Gasteiger partial charge in [-0.15, -0.1) is 0 Å². The minimum absolute atomic E-state index is 0.201. The Labute approximate surface area is 245 Å². The molecule has 0 aliphatic heterocycles. The third-order valence-corrected chi connectivity index (χ3v) is 6.96. The maximum atomic E-state index is 12.1. The Morgan fingerprint density at radius 1 is 1.17 bits per heavy atom. The summed E-state index contributed by atoms with van der Waals surface area (Å²) in [5.74, 6) is 2.06. The van der Waals surface area contributed by atoms with Gasteiger partial charge >= 0.3 is 7.12 Å². The zero-order chi connectivity index (χ0) is 30.3. The summed E-state index contributed by atoms with van der Waals surface area (Å²) in [7, 11) is 3.28. The molecule has 3 aromatic heterocycles. The van der Waals surface area contributed by atoms with Gasteiger partial charge in [0.25, 0.3) is 0 Å². The van der Waals surface area contributed by atoms with Gasteiger partial charge in [0.15, 0.2) is 5.82 Å². The number of methoxy groups -OCH3 is 2. The fraction of sp³-hybridized carbons (Fsp3) is 0.393. The van der Waals surface area contributed by atoms with Gasteiger partial charge in [-0.25, -0.2) is 4.98 Å². The summed E-state index contributed by atoms with van der Waals surface area (Å²) >= 11 is 0. The van der Waals surface area contributed by atoms with Crippen LogP contribution in [0.2, 0.25) is 0 Å². The lowest BCUT2D eigenvalue weighted by molar-refractivity contribution is -0.107. The van der Waals surface area contributed by atoms with Crippen LogP contribution in [0.1, 0.15) is 38.7 Å². The maximum absolute atomic E-state index is 12.1. The van der Waals surface area contributed by atoms with Gasteiger partial charge in [-0.2, -0.15) is 10.1 Å². The molecule has 13 nitrogen and oxygen atoms in total. The minimum Gasteiger partial charge on any atom is -0.497 e. The standard InChI is InChI=1S/C28H37BN8O5/c1-6-7-10-28(2,17-37(18-38)21-15-32-36(3)16-21)35-26-25-23(11-20(14-30-25)29(39)40)33-27(34-26)31-13-19-8-9-22(41-4)12-24(19)42-5/h8-9,11-12,14-16,18,39-40H,6-7,10,13,17H2,1-5H3,(H2,31,33,34,35). The van der Waals surface area contributed by atoms with E-state index in [1.807, 2.05) is 19.1 Å². The quantitative estimate of drug-likeness (QED) is 0.121. The molecule has 0 radical (unpaired) electrons. The van der Waals surface area contributed by atoms with Crippen LogP contribution in [0.5, 0.6) is 11.5 Å². The van der Waals surface area contributed by atoms with Crippen LogP contribution in [0.3, 0.4) is 0 Å². The maximum Gasteiger partial charge on any atom is 0.490 e. The second-order valence-corrected chi connectivity index (χ2v) is 10.3. The number of nitrogens with zero attached hydrogens (tertiary/aromatic N) is 6. The average molecular weight is 576 g/mol. The molecule has 1 unspecified atom stereocenters. The zero-order valence-corrected chi connectivity index (χ0v) is 24.5. The number of anilines is 3. The number of amides is 1. The third-order valence-electron chi connectivity index (χ3n) is 6.96. The average Bonchev–Trinajstić information content (AvgIpc) is 3.43. The summed E-state index contributed by atoms with van der Waals surface area (Å²) < 4.78 is 12.5.